The molecule has 118 valence electrons. The third-order valence-electron chi connectivity index (χ3n) is 3.43. The van der Waals surface area contributed by atoms with E-state index in [-0.39, 0.29) is 5.69 Å². The van der Waals surface area contributed by atoms with E-state index in [1.807, 2.05) is 14.0 Å². The summed E-state index contributed by atoms with van der Waals surface area (Å²) in [6.45, 7) is 4.21. The Balaban J connectivity index is 2.20. The molecule has 0 aliphatic carbocycles. The molecule has 2 aromatic heterocycles. The number of ether oxygens (including phenoxy) is 1. The minimum atomic E-state index is -0.439. The molecule has 0 saturated heterocycles. The predicted molar refractivity (Wildman–Crippen MR) is 82.1 cm³/mol. The number of aromatic nitrogens is 3. The molecule has 0 aromatic carbocycles. The molecule has 2 rings (SSSR count). The summed E-state index contributed by atoms with van der Waals surface area (Å²) in [6, 6.07) is 1.66. The van der Waals surface area contributed by atoms with Crippen molar-refractivity contribution in [1.29, 1.82) is 0 Å². The Hall–Kier alpha value is -2.64. The van der Waals surface area contributed by atoms with E-state index in [0.29, 0.717) is 23.8 Å². The fourth-order valence-electron chi connectivity index (χ4n) is 2.34. The molecule has 2 heterocycles. The monoisotopic (exact) mass is 305 g/mol. The van der Waals surface area contributed by atoms with Crippen molar-refractivity contribution < 1.29 is 9.66 Å². The number of nitrogens with one attached hydrogen (secondary N) is 1. The van der Waals surface area contributed by atoms with Crippen molar-refractivity contribution in [3.63, 3.8) is 0 Å². The van der Waals surface area contributed by atoms with Gasteiger partial charge >= 0.3 is 0 Å². The predicted octanol–water partition coefficient (Wildman–Crippen LogP) is 2.21. The highest BCUT2D eigenvalue weighted by Crippen LogP contribution is 2.24. The van der Waals surface area contributed by atoms with Gasteiger partial charge in [-0.1, -0.05) is 6.92 Å². The molecule has 8 nitrogen and oxygen atoms in total. The minimum Gasteiger partial charge on any atom is -0.481 e. The van der Waals surface area contributed by atoms with Crippen LogP contribution in [0.2, 0.25) is 0 Å². The Labute approximate surface area is 128 Å². The molecular weight excluding hydrogens is 286 g/mol. The van der Waals surface area contributed by atoms with Gasteiger partial charge in [-0.05, 0) is 19.4 Å². The number of hydrogen-bond donors (Lipinski definition) is 1. The Kier molecular flexibility index (Phi) is 4.59. The highest BCUT2D eigenvalue weighted by molar-refractivity contribution is 5.47. The van der Waals surface area contributed by atoms with E-state index in [1.165, 1.54) is 6.20 Å². The highest BCUT2D eigenvalue weighted by Gasteiger charge is 2.16. The molecule has 0 unspecified atom stereocenters. The Morgan fingerprint density at radius 1 is 1.50 bits per heavy atom. The van der Waals surface area contributed by atoms with E-state index in [9.17, 15) is 10.1 Å². The summed E-state index contributed by atoms with van der Waals surface area (Å²) in [6.07, 6.45) is 2.06. The number of methoxy groups -OCH3 is 1. The quantitative estimate of drug-likeness (QED) is 0.649. The zero-order valence-corrected chi connectivity index (χ0v) is 13.1. The number of pyridine rings is 1. The lowest BCUT2D eigenvalue weighted by Crippen LogP contribution is -2.05. The molecule has 0 saturated carbocycles. The third kappa shape index (κ3) is 3.00. The number of nitro groups is 1. The number of hydrogen-bond acceptors (Lipinski definition) is 6. The molecule has 0 amide bonds. The van der Waals surface area contributed by atoms with Crippen molar-refractivity contribution in [3.05, 3.63) is 39.2 Å². The van der Waals surface area contributed by atoms with Crippen LogP contribution in [-0.2, 0) is 20.0 Å². The van der Waals surface area contributed by atoms with Gasteiger partial charge in [-0.3, -0.25) is 10.1 Å². The first kappa shape index (κ1) is 15.7. The maximum atomic E-state index is 10.8. The topological polar surface area (TPSA) is 95.1 Å². The fraction of sp³-hybridized carbons (Fsp3) is 0.429. The molecular formula is C14H19N5O3. The van der Waals surface area contributed by atoms with Gasteiger partial charge in [-0.2, -0.15) is 5.10 Å². The van der Waals surface area contributed by atoms with Crippen molar-refractivity contribution in [3.8, 4) is 5.88 Å². The Morgan fingerprint density at radius 3 is 2.77 bits per heavy atom. The minimum absolute atomic E-state index is 0.0127. The molecule has 22 heavy (non-hydrogen) atoms. The maximum absolute atomic E-state index is 10.8. The molecule has 0 aliphatic heterocycles. The van der Waals surface area contributed by atoms with Gasteiger partial charge in [-0.25, -0.2) is 9.67 Å². The van der Waals surface area contributed by atoms with Gasteiger partial charge in [0.25, 0.3) is 5.69 Å². The summed E-state index contributed by atoms with van der Waals surface area (Å²) in [5, 5.41) is 18.4. The van der Waals surface area contributed by atoms with Gasteiger partial charge in [0.2, 0.25) is 5.88 Å². The van der Waals surface area contributed by atoms with Crippen LogP contribution in [0.15, 0.2) is 12.3 Å². The second-order valence-electron chi connectivity index (χ2n) is 4.88. The SMILES string of the molecule is CCc1nn(C)c(OC)c1CNc1cc(C)c([N+](=O)[O-])cn1. The average Bonchev–Trinajstić information content (AvgIpc) is 2.79. The lowest BCUT2D eigenvalue weighted by molar-refractivity contribution is -0.385. The maximum Gasteiger partial charge on any atom is 0.290 e. The van der Waals surface area contributed by atoms with Crippen molar-refractivity contribution in [2.45, 2.75) is 26.8 Å². The largest absolute Gasteiger partial charge is 0.481 e. The van der Waals surface area contributed by atoms with E-state index in [1.54, 1.807) is 24.8 Å². The molecule has 0 aliphatic rings. The average molecular weight is 305 g/mol. The molecule has 0 atom stereocenters. The van der Waals surface area contributed by atoms with Gasteiger partial charge in [0.15, 0.2) is 0 Å². The first-order chi connectivity index (χ1) is 10.5. The Bertz CT molecular complexity index is 696. The van der Waals surface area contributed by atoms with Crippen LogP contribution in [0, 0.1) is 17.0 Å². The molecule has 0 radical (unpaired) electrons. The zero-order chi connectivity index (χ0) is 16.3. The molecule has 0 bridgehead atoms. The van der Waals surface area contributed by atoms with E-state index >= 15 is 0 Å². The summed E-state index contributed by atoms with van der Waals surface area (Å²) in [5.41, 5.74) is 2.49. The van der Waals surface area contributed by atoms with Crippen LogP contribution in [0.4, 0.5) is 11.5 Å². The van der Waals surface area contributed by atoms with Crippen molar-refractivity contribution in [2.75, 3.05) is 12.4 Å². The van der Waals surface area contributed by atoms with E-state index in [2.05, 4.69) is 15.4 Å². The van der Waals surface area contributed by atoms with Crippen LogP contribution in [0.3, 0.4) is 0 Å². The smallest absolute Gasteiger partial charge is 0.290 e. The van der Waals surface area contributed by atoms with Gasteiger partial charge in [0, 0.05) is 19.2 Å². The molecule has 1 N–H and O–H groups in total. The fourth-order valence-corrected chi connectivity index (χ4v) is 2.34. The second kappa shape index (κ2) is 6.42. The third-order valence-corrected chi connectivity index (χ3v) is 3.43. The molecule has 2 aromatic rings. The lowest BCUT2D eigenvalue weighted by atomic mass is 10.2. The number of anilines is 1. The number of nitrogens with zero attached hydrogens (tertiary/aromatic N) is 4. The normalized spacial score (nSPS) is 10.5. The van der Waals surface area contributed by atoms with E-state index in [0.717, 1.165) is 17.7 Å². The van der Waals surface area contributed by atoms with Gasteiger partial charge in [0.1, 0.15) is 12.0 Å². The number of rotatable bonds is 6. The highest BCUT2D eigenvalue weighted by atomic mass is 16.6. The first-order valence-corrected chi connectivity index (χ1v) is 6.91. The molecule has 8 heteroatoms. The zero-order valence-electron chi connectivity index (χ0n) is 13.1. The summed E-state index contributed by atoms with van der Waals surface area (Å²) in [4.78, 5) is 14.4. The molecule has 0 fully saturated rings. The summed E-state index contributed by atoms with van der Waals surface area (Å²) < 4.78 is 7.07. The van der Waals surface area contributed by atoms with Gasteiger partial charge in [0.05, 0.1) is 23.3 Å². The van der Waals surface area contributed by atoms with Crippen LogP contribution in [0.25, 0.3) is 0 Å². The molecule has 0 spiro atoms. The van der Waals surface area contributed by atoms with Crippen molar-refractivity contribution in [1.82, 2.24) is 14.8 Å². The van der Waals surface area contributed by atoms with Gasteiger partial charge < -0.3 is 10.1 Å². The van der Waals surface area contributed by atoms with Crippen molar-refractivity contribution in [2.24, 2.45) is 7.05 Å². The number of aryl methyl sites for hydroxylation is 3. The summed E-state index contributed by atoms with van der Waals surface area (Å²) in [5.74, 6) is 1.28. The lowest BCUT2D eigenvalue weighted by Gasteiger charge is -2.08. The van der Waals surface area contributed by atoms with Crippen LogP contribution in [-0.4, -0.2) is 26.8 Å². The summed E-state index contributed by atoms with van der Waals surface area (Å²) in [7, 11) is 3.43. The van der Waals surface area contributed by atoms with Crippen LogP contribution < -0.4 is 10.1 Å². The van der Waals surface area contributed by atoms with E-state index < -0.39 is 4.92 Å². The second-order valence-corrected chi connectivity index (χ2v) is 4.88. The van der Waals surface area contributed by atoms with Gasteiger partial charge in [-0.15, -0.1) is 0 Å². The standard InChI is InChI=1S/C14H19N5O3/c1-5-11-10(14(22-4)18(3)17-11)7-15-13-6-9(2)12(8-16-13)19(20)21/h6,8H,5,7H2,1-4H3,(H,15,16). The first-order valence-electron chi connectivity index (χ1n) is 6.91. The summed E-state index contributed by atoms with van der Waals surface area (Å²) >= 11 is 0. The van der Waals surface area contributed by atoms with Crippen LogP contribution >= 0.6 is 0 Å². The Morgan fingerprint density at radius 2 is 2.23 bits per heavy atom. The van der Waals surface area contributed by atoms with Crippen LogP contribution in [0.5, 0.6) is 5.88 Å². The van der Waals surface area contributed by atoms with E-state index in [4.69, 9.17) is 4.74 Å². The van der Waals surface area contributed by atoms with Crippen LogP contribution in [0.1, 0.15) is 23.7 Å². The van der Waals surface area contributed by atoms with Crippen molar-refractivity contribution >= 4 is 11.5 Å².